The molecule has 0 bridgehead atoms. The molecular formula is C20H23N3O3S. The van der Waals surface area contributed by atoms with E-state index in [2.05, 4.69) is 15.5 Å². The summed E-state index contributed by atoms with van der Waals surface area (Å²) < 4.78 is 11.5. The number of furan rings is 1. The summed E-state index contributed by atoms with van der Waals surface area (Å²) in [5, 5.41) is 12.7. The van der Waals surface area contributed by atoms with E-state index >= 15 is 0 Å². The van der Waals surface area contributed by atoms with Gasteiger partial charge in [-0.1, -0.05) is 49.2 Å². The molecular weight excluding hydrogens is 362 g/mol. The summed E-state index contributed by atoms with van der Waals surface area (Å²) in [5.41, 5.74) is 0.823. The molecule has 1 aliphatic rings. The summed E-state index contributed by atoms with van der Waals surface area (Å²) in [6.45, 7) is 1.91. The number of nitrogens with zero attached hydrogens (tertiary/aromatic N) is 2. The van der Waals surface area contributed by atoms with E-state index in [9.17, 15) is 4.79 Å². The van der Waals surface area contributed by atoms with Crippen molar-refractivity contribution in [1.29, 1.82) is 0 Å². The van der Waals surface area contributed by atoms with Crippen LogP contribution in [0.15, 0.2) is 44.4 Å². The Morgan fingerprint density at radius 1 is 1.22 bits per heavy atom. The summed E-state index contributed by atoms with van der Waals surface area (Å²) in [6, 6.07) is 9.57. The fourth-order valence-corrected chi connectivity index (χ4v) is 4.07. The third-order valence-electron chi connectivity index (χ3n) is 4.95. The standard InChI is InChI=1S/C20H23N3O3S/c1-13(17-11-15-9-5-6-10-16(15)25-17)21-18(24)12-27-20-23-22-19(26-20)14-7-3-2-4-8-14/h5-6,9-11,13-14H,2-4,7-8,12H2,1H3,(H,21,24)/t13-/m0/s1. The first-order valence-electron chi connectivity index (χ1n) is 9.43. The number of aromatic nitrogens is 2. The molecule has 6 nitrogen and oxygen atoms in total. The molecule has 27 heavy (non-hydrogen) atoms. The molecule has 2 heterocycles. The van der Waals surface area contributed by atoms with Crippen molar-refractivity contribution < 1.29 is 13.6 Å². The molecule has 1 fully saturated rings. The van der Waals surface area contributed by atoms with Gasteiger partial charge in [0.25, 0.3) is 5.22 Å². The predicted molar refractivity (Wildman–Crippen MR) is 104 cm³/mol. The van der Waals surface area contributed by atoms with Gasteiger partial charge in [-0.3, -0.25) is 4.79 Å². The highest BCUT2D eigenvalue weighted by molar-refractivity contribution is 7.99. The average molecular weight is 385 g/mol. The number of amides is 1. The maximum atomic E-state index is 12.3. The molecule has 0 spiro atoms. The van der Waals surface area contributed by atoms with E-state index in [0.29, 0.717) is 17.0 Å². The second kappa shape index (κ2) is 8.17. The lowest BCUT2D eigenvalue weighted by molar-refractivity contribution is -0.119. The van der Waals surface area contributed by atoms with Gasteiger partial charge >= 0.3 is 0 Å². The maximum absolute atomic E-state index is 12.3. The van der Waals surface area contributed by atoms with Crippen molar-refractivity contribution in [2.75, 3.05) is 5.75 Å². The lowest BCUT2D eigenvalue weighted by Gasteiger charge is -2.17. The van der Waals surface area contributed by atoms with E-state index in [0.717, 1.165) is 29.6 Å². The third kappa shape index (κ3) is 4.35. The molecule has 0 radical (unpaired) electrons. The molecule has 2 aromatic heterocycles. The normalized spacial score (nSPS) is 16.5. The van der Waals surface area contributed by atoms with Crippen LogP contribution in [0, 0.1) is 0 Å². The van der Waals surface area contributed by atoms with Crippen molar-refractivity contribution in [2.45, 2.75) is 56.2 Å². The van der Waals surface area contributed by atoms with Gasteiger partial charge < -0.3 is 14.2 Å². The number of carbonyl (C=O) groups excluding carboxylic acids is 1. The van der Waals surface area contributed by atoms with Crippen LogP contribution in [0.5, 0.6) is 0 Å². The maximum Gasteiger partial charge on any atom is 0.277 e. The lowest BCUT2D eigenvalue weighted by Crippen LogP contribution is -2.27. The number of hydrogen-bond donors (Lipinski definition) is 1. The fourth-order valence-electron chi connectivity index (χ4n) is 3.49. The highest BCUT2D eigenvalue weighted by Gasteiger charge is 2.22. The molecule has 1 N–H and O–H groups in total. The summed E-state index contributed by atoms with van der Waals surface area (Å²) in [7, 11) is 0. The van der Waals surface area contributed by atoms with Crippen molar-refractivity contribution in [1.82, 2.24) is 15.5 Å². The van der Waals surface area contributed by atoms with E-state index in [1.54, 1.807) is 0 Å². The van der Waals surface area contributed by atoms with Crippen molar-refractivity contribution in [3.05, 3.63) is 42.0 Å². The Morgan fingerprint density at radius 3 is 2.85 bits per heavy atom. The number of para-hydroxylation sites is 1. The van der Waals surface area contributed by atoms with Crippen molar-refractivity contribution in [2.24, 2.45) is 0 Å². The van der Waals surface area contributed by atoms with Gasteiger partial charge in [-0.05, 0) is 31.9 Å². The number of hydrogen-bond acceptors (Lipinski definition) is 6. The monoisotopic (exact) mass is 385 g/mol. The molecule has 142 valence electrons. The Bertz CT molecular complexity index is 881. The molecule has 1 saturated carbocycles. The van der Waals surface area contributed by atoms with Crippen LogP contribution in [0.4, 0.5) is 0 Å². The van der Waals surface area contributed by atoms with Gasteiger partial charge in [0, 0.05) is 11.3 Å². The van der Waals surface area contributed by atoms with Crippen molar-refractivity contribution in [3.8, 4) is 0 Å². The highest BCUT2D eigenvalue weighted by atomic mass is 32.2. The first-order chi connectivity index (χ1) is 13.2. The average Bonchev–Trinajstić information content (AvgIpc) is 3.34. The minimum Gasteiger partial charge on any atom is -0.459 e. The summed E-state index contributed by atoms with van der Waals surface area (Å²) in [6.07, 6.45) is 5.95. The van der Waals surface area contributed by atoms with Gasteiger partial charge in [0.05, 0.1) is 11.8 Å². The van der Waals surface area contributed by atoms with E-state index in [1.165, 1.54) is 31.0 Å². The van der Waals surface area contributed by atoms with E-state index in [1.807, 2.05) is 37.3 Å². The lowest BCUT2D eigenvalue weighted by atomic mass is 9.89. The molecule has 1 amide bonds. The first kappa shape index (κ1) is 18.1. The molecule has 1 aliphatic carbocycles. The Labute approximate surface area is 162 Å². The topological polar surface area (TPSA) is 81.2 Å². The molecule has 1 atom stereocenters. The summed E-state index contributed by atoms with van der Waals surface area (Å²) in [4.78, 5) is 12.3. The van der Waals surface area contributed by atoms with Gasteiger partial charge in [0.1, 0.15) is 11.3 Å². The Hall–Kier alpha value is -2.28. The van der Waals surface area contributed by atoms with E-state index in [-0.39, 0.29) is 17.7 Å². The Morgan fingerprint density at radius 2 is 2.04 bits per heavy atom. The van der Waals surface area contributed by atoms with Gasteiger partial charge in [0.2, 0.25) is 11.8 Å². The van der Waals surface area contributed by atoms with Gasteiger partial charge in [-0.2, -0.15) is 0 Å². The summed E-state index contributed by atoms with van der Waals surface area (Å²) >= 11 is 1.27. The fraction of sp³-hybridized carbons (Fsp3) is 0.450. The molecule has 7 heteroatoms. The van der Waals surface area contributed by atoms with Crippen LogP contribution in [0.3, 0.4) is 0 Å². The summed E-state index contributed by atoms with van der Waals surface area (Å²) in [5.74, 6) is 1.98. The smallest absolute Gasteiger partial charge is 0.277 e. The minimum absolute atomic E-state index is 0.0922. The SMILES string of the molecule is C[C@H](NC(=O)CSc1nnc(C2CCCCC2)o1)c1cc2ccccc2o1. The van der Waals surface area contributed by atoms with E-state index < -0.39 is 0 Å². The Kier molecular flexibility index (Phi) is 5.48. The molecule has 0 unspecified atom stereocenters. The molecule has 3 aromatic rings. The molecule has 0 saturated heterocycles. The number of nitrogens with one attached hydrogen (secondary N) is 1. The van der Waals surface area contributed by atoms with Gasteiger partial charge in [-0.15, -0.1) is 10.2 Å². The van der Waals surface area contributed by atoms with Gasteiger partial charge in [-0.25, -0.2) is 0 Å². The first-order valence-corrected chi connectivity index (χ1v) is 10.4. The number of carbonyl (C=O) groups is 1. The van der Waals surface area contributed by atoms with Gasteiger partial charge in [0.15, 0.2) is 0 Å². The largest absolute Gasteiger partial charge is 0.459 e. The number of thioether (sulfide) groups is 1. The van der Waals surface area contributed by atoms with Crippen molar-refractivity contribution in [3.63, 3.8) is 0 Å². The number of benzene rings is 1. The van der Waals surface area contributed by atoms with Crippen LogP contribution < -0.4 is 5.32 Å². The Balaban J connectivity index is 1.29. The molecule has 4 rings (SSSR count). The number of fused-ring (bicyclic) bond motifs is 1. The molecule has 0 aliphatic heterocycles. The van der Waals surface area contributed by atoms with Crippen molar-refractivity contribution >= 4 is 28.6 Å². The second-order valence-electron chi connectivity index (χ2n) is 7.01. The van der Waals surface area contributed by atoms with Crippen LogP contribution in [0.2, 0.25) is 0 Å². The van der Waals surface area contributed by atoms with Crippen LogP contribution in [0.1, 0.15) is 62.6 Å². The zero-order valence-corrected chi connectivity index (χ0v) is 16.1. The predicted octanol–water partition coefficient (Wildman–Crippen LogP) is 4.83. The zero-order valence-electron chi connectivity index (χ0n) is 15.3. The van der Waals surface area contributed by atoms with Crippen LogP contribution in [-0.2, 0) is 4.79 Å². The van der Waals surface area contributed by atoms with Crippen LogP contribution in [-0.4, -0.2) is 21.9 Å². The number of rotatable bonds is 6. The van der Waals surface area contributed by atoms with E-state index in [4.69, 9.17) is 8.83 Å². The quantitative estimate of drug-likeness (QED) is 0.612. The minimum atomic E-state index is -0.203. The molecule has 1 aromatic carbocycles. The van der Waals surface area contributed by atoms with Crippen LogP contribution in [0.25, 0.3) is 11.0 Å². The van der Waals surface area contributed by atoms with Crippen LogP contribution >= 0.6 is 11.8 Å². The third-order valence-corrected chi connectivity index (χ3v) is 5.77. The second-order valence-corrected chi connectivity index (χ2v) is 7.93. The highest BCUT2D eigenvalue weighted by Crippen LogP contribution is 2.33. The zero-order chi connectivity index (χ0) is 18.6.